The van der Waals surface area contributed by atoms with E-state index in [0.29, 0.717) is 13.2 Å². The second-order valence-corrected chi connectivity index (χ2v) is 2.55. The van der Waals surface area contributed by atoms with E-state index in [4.69, 9.17) is 10.00 Å². The first-order valence-electron chi connectivity index (χ1n) is 4.20. The van der Waals surface area contributed by atoms with Crippen LogP contribution in [-0.2, 0) is 6.54 Å². The van der Waals surface area contributed by atoms with Crippen LogP contribution in [0.5, 0.6) is 5.75 Å². The molecule has 0 spiro atoms. The van der Waals surface area contributed by atoms with E-state index in [0.717, 1.165) is 11.3 Å². The summed E-state index contributed by atoms with van der Waals surface area (Å²) in [4.78, 5) is 0. The van der Waals surface area contributed by atoms with Gasteiger partial charge in [-0.15, -0.1) is 0 Å². The summed E-state index contributed by atoms with van der Waals surface area (Å²) in [5.74, 6) is 0.847. The van der Waals surface area contributed by atoms with Crippen LogP contribution in [-0.4, -0.2) is 6.61 Å². The molecule has 0 radical (unpaired) electrons. The maximum Gasteiger partial charge on any atom is 0.176 e. The van der Waals surface area contributed by atoms with E-state index in [-0.39, 0.29) is 0 Å². The Balaban J connectivity index is 2.63. The number of nitriles is 1. The molecule has 0 unspecified atom stereocenters. The van der Waals surface area contributed by atoms with Crippen molar-refractivity contribution in [2.75, 3.05) is 6.61 Å². The lowest BCUT2D eigenvalue weighted by Gasteiger charge is -2.04. The minimum absolute atomic E-state index is 0.553. The minimum Gasteiger partial charge on any atom is -0.494 e. The van der Waals surface area contributed by atoms with Gasteiger partial charge in [-0.3, -0.25) is 0 Å². The van der Waals surface area contributed by atoms with Crippen LogP contribution in [0.1, 0.15) is 12.5 Å². The van der Waals surface area contributed by atoms with E-state index >= 15 is 0 Å². The molecule has 0 fully saturated rings. The summed E-state index contributed by atoms with van der Waals surface area (Å²) in [7, 11) is 0. The number of nitrogens with one attached hydrogen (secondary N) is 1. The van der Waals surface area contributed by atoms with Crippen LogP contribution in [0.25, 0.3) is 0 Å². The van der Waals surface area contributed by atoms with Gasteiger partial charge in [0, 0.05) is 0 Å². The maximum absolute atomic E-state index is 8.31. The second-order valence-electron chi connectivity index (χ2n) is 2.55. The Hall–Kier alpha value is -1.69. The van der Waals surface area contributed by atoms with Crippen molar-refractivity contribution >= 4 is 0 Å². The number of rotatable bonds is 4. The highest BCUT2D eigenvalue weighted by Crippen LogP contribution is 2.12. The lowest BCUT2D eigenvalue weighted by Crippen LogP contribution is -2.04. The molecule has 0 aliphatic carbocycles. The normalized spacial score (nSPS) is 8.92. The summed E-state index contributed by atoms with van der Waals surface area (Å²) in [6.07, 6.45) is 1.88. The number of ether oxygens (including phenoxy) is 1. The zero-order valence-corrected chi connectivity index (χ0v) is 7.58. The predicted molar refractivity (Wildman–Crippen MR) is 50.1 cm³/mol. The quantitative estimate of drug-likeness (QED) is 0.560. The third-order valence-electron chi connectivity index (χ3n) is 1.58. The summed E-state index contributed by atoms with van der Waals surface area (Å²) in [6.45, 7) is 3.16. The van der Waals surface area contributed by atoms with E-state index in [2.05, 4.69) is 5.32 Å². The topological polar surface area (TPSA) is 45.0 Å². The average molecular weight is 176 g/mol. The molecule has 0 bridgehead atoms. The van der Waals surface area contributed by atoms with Gasteiger partial charge < -0.3 is 10.1 Å². The molecule has 0 atom stereocenters. The number of hydrogen-bond acceptors (Lipinski definition) is 3. The highest BCUT2D eigenvalue weighted by atomic mass is 16.5. The van der Waals surface area contributed by atoms with E-state index in [1.54, 1.807) is 0 Å². The van der Waals surface area contributed by atoms with E-state index in [9.17, 15) is 0 Å². The van der Waals surface area contributed by atoms with Gasteiger partial charge in [0.2, 0.25) is 0 Å². The van der Waals surface area contributed by atoms with Gasteiger partial charge in [-0.05, 0) is 24.6 Å². The standard InChI is InChI=1S/C10H12N2O/c1-2-13-10-5-3-4-9(6-10)7-12-8-11/h3-6,12H,2,7H2,1H3. The van der Waals surface area contributed by atoms with Crippen LogP contribution >= 0.6 is 0 Å². The fourth-order valence-corrected chi connectivity index (χ4v) is 1.05. The highest BCUT2D eigenvalue weighted by Gasteiger charge is 1.94. The van der Waals surface area contributed by atoms with Crippen molar-refractivity contribution in [3.63, 3.8) is 0 Å². The molecule has 1 rings (SSSR count). The fraction of sp³-hybridized carbons (Fsp3) is 0.300. The summed E-state index contributed by atoms with van der Waals surface area (Å²) >= 11 is 0. The second kappa shape index (κ2) is 5.04. The molecule has 0 amide bonds. The Morgan fingerprint density at radius 3 is 3.08 bits per heavy atom. The van der Waals surface area contributed by atoms with Gasteiger partial charge in [-0.1, -0.05) is 12.1 Å². The molecular formula is C10H12N2O. The van der Waals surface area contributed by atoms with Gasteiger partial charge in [0.25, 0.3) is 0 Å². The summed E-state index contributed by atoms with van der Waals surface area (Å²) in [5.41, 5.74) is 1.05. The molecule has 0 saturated heterocycles. The Kier molecular flexibility index (Phi) is 3.65. The lowest BCUT2D eigenvalue weighted by atomic mass is 10.2. The molecule has 3 heteroatoms. The average Bonchev–Trinajstić information content (AvgIpc) is 2.16. The molecule has 68 valence electrons. The highest BCUT2D eigenvalue weighted by molar-refractivity contribution is 5.28. The lowest BCUT2D eigenvalue weighted by molar-refractivity contribution is 0.340. The van der Waals surface area contributed by atoms with Crippen LogP contribution in [0.15, 0.2) is 24.3 Å². The molecule has 13 heavy (non-hydrogen) atoms. The van der Waals surface area contributed by atoms with Gasteiger partial charge in [0.1, 0.15) is 5.75 Å². The Morgan fingerprint density at radius 2 is 2.38 bits per heavy atom. The van der Waals surface area contributed by atoms with Crippen molar-refractivity contribution in [2.45, 2.75) is 13.5 Å². The first-order valence-corrected chi connectivity index (χ1v) is 4.20. The van der Waals surface area contributed by atoms with Crippen molar-refractivity contribution in [1.82, 2.24) is 5.32 Å². The molecule has 1 aromatic rings. The Bertz CT molecular complexity index is 304. The fourth-order valence-electron chi connectivity index (χ4n) is 1.05. The first kappa shape index (κ1) is 9.40. The number of benzene rings is 1. The van der Waals surface area contributed by atoms with Gasteiger partial charge in [0.05, 0.1) is 13.2 Å². The molecule has 1 N–H and O–H groups in total. The van der Waals surface area contributed by atoms with Crippen LogP contribution in [0.3, 0.4) is 0 Å². The molecular weight excluding hydrogens is 164 g/mol. The van der Waals surface area contributed by atoms with Gasteiger partial charge in [-0.2, -0.15) is 5.26 Å². The first-order chi connectivity index (χ1) is 6.36. The minimum atomic E-state index is 0.553. The van der Waals surface area contributed by atoms with E-state index in [1.165, 1.54) is 0 Å². The third-order valence-corrected chi connectivity index (χ3v) is 1.58. The SMILES string of the molecule is CCOc1cccc(CNC#N)c1. The largest absolute Gasteiger partial charge is 0.494 e. The van der Waals surface area contributed by atoms with E-state index < -0.39 is 0 Å². The van der Waals surface area contributed by atoms with Crippen molar-refractivity contribution in [3.8, 4) is 11.9 Å². The Morgan fingerprint density at radius 1 is 1.54 bits per heavy atom. The molecule has 1 aromatic carbocycles. The third kappa shape index (κ3) is 3.04. The Labute approximate surface area is 77.9 Å². The van der Waals surface area contributed by atoms with Crippen LogP contribution < -0.4 is 10.1 Å². The van der Waals surface area contributed by atoms with Crippen LogP contribution in [0, 0.1) is 11.5 Å². The maximum atomic E-state index is 8.31. The monoisotopic (exact) mass is 176 g/mol. The summed E-state index contributed by atoms with van der Waals surface area (Å²) in [6, 6.07) is 7.69. The van der Waals surface area contributed by atoms with Crippen LogP contribution in [0.2, 0.25) is 0 Å². The zero-order valence-electron chi connectivity index (χ0n) is 7.58. The van der Waals surface area contributed by atoms with Gasteiger partial charge in [-0.25, -0.2) is 0 Å². The molecule has 0 heterocycles. The number of hydrogen-bond donors (Lipinski definition) is 1. The molecule has 0 aliphatic rings. The van der Waals surface area contributed by atoms with Gasteiger partial charge in [0.15, 0.2) is 6.19 Å². The van der Waals surface area contributed by atoms with Crippen LogP contribution in [0.4, 0.5) is 0 Å². The molecule has 0 aromatic heterocycles. The molecule has 0 saturated carbocycles. The van der Waals surface area contributed by atoms with E-state index in [1.807, 2.05) is 37.4 Å². The summed E-state index contributed by atoms with van der Waals surface area (Å²) < 4.78 is 5.32. The molecule has 0 aliphatic heterocycles. The summed E-state index contributed by atoms with van der Waals surface area (Å²) in [5, 5.41) is 10.9. The predicted octanol–water partition coefficient (Wildman–Crippen LogP) is 1.66. The van der Waals surface area contributed by atoms with Crippen molar-refractivity contribution in [1.29, 1.82) is 5.26 Å². The van der Waals surface area contributed by atoms with Gasteiger partial charge >= 0.3 is 0 Å². The van der Waals surface area contributed by atoms with Crippen molar-refractivity contribution in [3.05, 3.63) is 29.8 Å². The van der Waals surface area contributed by atoms with Crippen molar-refractivity contribution < 1.29 is 4.74 Å². The molecule has 3 nitrogen and oxygen atoms in total. The zero-order chi connectivity index (χ0) is 9.52. The smallest absolute Gasteiger partial charge is 0.176 e. The number of nitrogens with zero attached hydrogens (tertiary/aromatic N) is 1. The van der Waals surface area contributed by atoms with Crippen molar-refractivity contribution in [2.24, 2.45) is 0 Å².